The van der Waals surface area contributed by atoms with Crippen LogP contribution in [0.2, 0.25) is 0 Å². The predicted molar refractivity (Wildman–Crippen MR) is 55.8 cm³/mol. The summed E-state index contributed by atoms with van der Waals surface area (Å²) >= 11 is 0. The average Bonchev–Trinajstić information content (AvgIpc) is 2.27. The van der Waals surface area contributed by atoms with E-state index in [1.807, 2.05) is 0 Å². The number of benzene rings is 1. The van der Waals surface area contributed by atoms with Crippen LogP contribution in [0.3, 0.4) is 0 Å². The fourth-order valence-corrected chi connectivity index (χ4v) is 1.39. The molecule has 0 saturated heterocycles. The molecule has 0 fully saturated rings. The first kappa shape index (κ1) is 10.7. The summed E-state index contributed by atoms with van der Waals surface area (Å²) < 4.78 is 4.67. The van der Waals surface area contributed by atoms with E-state index in [9.17, 15) is 25.0 Å². The molecule has 0 amide bonds. The second-order valence-electron chi connectivity index (χ2n) is 3.15. The quantitative estimate of drug-likeness (QED) is 0.444. The number of hydrogen-bond donors (Lipinski definition) is 0. The zero-order valence-electron chi connectivity index (χ0n) is 8.15. The lowest BCUT2D eigenvalue weighted by molar-refractivity contribution is -0.393. The van der Waals surface area contributed by atoms with Crippen molar-refractivity contribution >= 4 is 22.3 Å². The molecule has 17 heavy (non-hydrogen) atoms. The summed E-state index contributed by atoms with van der Waals surface area (Å²) in [6.07, 6.45) is 0. The van der Waals surface area contributed by atoms with E-state index in [-0.39, 0.29) is 11.0 Å². The van der Waals surface area contributed by atoms with Crippen molar-refractivity contribution in [3.63, 3.8) is 0 Å². The Bertz CT molecular complexity index is 689. The lowest BCUT2D eigenvalue weighted by Gasteiger charge is -1.98. The molecule has 0 radical (unpaired) electrons. The first-order chi connectivity index (χ1) is 7.99. The molecule has 0 spiro atoms. The highest BCUT2D eigenvalue weighted by atomic mass is 16.6. The number of hydrogen-bond acceptors (Lipinski definition) is 6. The minimum Gasteiger partial charge on any atom is -0.415 e. The van der Waals surface area contributed by atoms with Crippen molar-refractivity contribution in [2.75, 3.05) is 0 Å². The van der Waals surface area contributed by atoms with Crippen LogP contribution in [-0.4, -0.2) is 9.85 Å². The summed E-state index contributed by atoms with van der Waals surface area (Å²) in [4.78, 5) is 30.7. The molecule has 1 heterocycles. The van der Waals surface area contributed by atoms with Crippen LogP contribution in [0, 0.1) is 20.2 Å². The summed E-state index contributed by atoms with van der Waals surface area (Å²) in [6.45, 7) is 0. The summed E-state index contributed by atoms with van der Waals surface area (Å²) in [6, 6.07) is 4.13. The van der Waals surface area contributed by atoms with Gasteiger partial charge < -0.3 is 4.42 Å². The average molecular weight is 236 g/mol. The van der Waals surface area contributed by atoms with E-state index in [2.05, 4.69) is 4.42 Å². The molecule has 1 aromatic heterocycles. The summed E-state index contributed by atoms with van der Waals surface area (Å²) in [5.41, 5.74) is -2.06. The Morgan fingerprint density at radius 1 is 1.06 bits per heavy atom. The zero-order chi connectivity index (χ0) is 12.6. The molecule has 0 aliphatic carbocycles. The van der Waals surface area contributed by atoms with Gasteiger partial charge in [0.1, 0.15) is 0 Å². The standard InChI is InChI=1S/C9H4N2O6/c12-8-2-1-5-3-6(10(13)14)4-7(11(15)16)9(5)17-8/h1-4H. The molecule has 0 bridgehead atoms. The van der Waals surface area contributed by atoms with Crippen LogP contribution in [0.5, 0.6) is 0 Å². The Morgan fingerprint density at radius 2 is 1.76 bits per heavy atom. The predicted octanol–water partition coefficient (Wildman–Crippen LogP) is 1.61. The Labute approximate surface area is 92.4 Å². The van der Waals surface area contributed by atoms with Crippen molar-refractivity contribution in [2.45, 2.75) is 0 Å². The summed E-state index contributed by atoms with van der Waals surface area (Å²) in [7, 11) is 0. The van der Waals surface area contributed by atoms with Crippen molar-refractivity contribution in [3.8, 4) is 0 Å². The van der Waals surface area contributed by atoms with Gasteiger partial charge in [-0.1, -0.05) is 0 Å². The van der Waals surface area contributed by atoms with Gasteiger partial charge >= 0.3 is 11.3 Å². The van der Waals surface area contributed by atoms with Gasteiger partial charge in [0.2, 0.25) is 5.58 Å². The highest BCUT2D eigenvalue weighted by Crippen LogP contribution is 2.29. The number of nitrogens with zero attached hydrogens (tertiary/aromatic N) is 2. The monoisotopic (exact) mass is 236 g/mol. The molecule has 0 atom stereocenters. The number of non-ortho nitro benzene ring substituents is 2. The maximum absolute atomic E-state index is 11.0. The second kappa shape index (κ2) is 3.67. The topological polar surface area (TPSA) is 116 Å². The number of rotatable bonds is 2. The first-order valence-corrected chi connectivity index (χ1v) is 4.36. The van der Waals surface area contributed by atoms with E-state index in [0.717, 1.165) is 18.2 Å². The Morgan fingerprint density at radius 3 is 2.35 bits per heavy atom. The highest BCUT2D eigenvalue weighted by Gasteiger charge is 2.21. The number of nitro groups is 2. The maximum atomic E-state index is 11.0. The molecular formula is C9H4N2O6. The van der Waals surface area contributed by atoms with Crippen LogP contribution in [0.1, 0.15) is 0 Å². The van der Waals surface area contributed by atoms with Gasteiger partial charge in [-0.3, -0.25) is 20.2 Å². The van der Waals surface area contributed by atoms with Crippen LogP contribution in [0.15, 0.2) is 33.5 Å². The third kappa shape index (κ3) is 1.83. The van der Waals surface area contributed by atoms with Crippen LogP contribution in [0.4, 0.5) is 11.4 Å². The van der Waals surface area contributed by atoms with Crippen molar-refractivity contribution < 1.29 is 14.3 Å². The van der Waals surface area contributed by atoms with Gasteiger partial charge in [-0.05, 0) is 6.07 Å². The number of nitro benzene ring substituents is 2. The highest BCUT2D eigenvalue weighted by molar-refractivity contribution is 5.87. The molecule has 0 aliphatic rings. The smallest absolute Gasteiger partial charge is 0.336 e. The molecule has 0 unspecified atom stereocenters. The first-order valence-electron chi connectivity index (χ1n) is 4.36. The molecule has 0 aliphatic heterocycles. The fraction of sp³-hybridized carbons (Fsp3) is 0. The molecule has 8 heteroatoms. The molecule has 86 valence electrons. The van der Waals surface area contributed by atoms with Crippen molar-refractivity contribution in [3.05, 3.63) is 54.9 Å². The Hall–Kier alpha value is -2.77. The lowest BCUT2D eigenvalue weighted by atomic mass is 10.2. The second-order valence-corrected chi connectivity index (χ2v) is 3.15. The van der Waals surface area contributed by atoms with Crippen LogP contribution < -0.4 is 5.63 Å². The van der Waals surface area contributed by atoms with Crippen LogP contribution in [-0.2, 0) is 0 Å². The molecule has 0 saturated carbocycles. The van der Waals surface area contributed by atoms with Gasteiger partial charge in [0.15, 0.2) is 0 Å². The maximum Gasteiger partial charge on any atom is 0.336 e. The van der Waals surface area contributed by atoms with Crippen molar-refractivity contribution in [2.24, 2.45) is 0 Å². The van der Waals surface area contributed by atoms with E-state index in [1.54, 1.807) is 0 Å². The van der Waals surface area contributed by atoms with Gasteiger partial charge in [0.25, 0.3) is 5.69 Å². The Balaban J connectivity index is 2.90. The van der Waals surface area contributed by atoms with E-state index in [1.165, 1.54) is 6.07 Å². The van der Waals surface area contributed by atoms with Crippen molar-refractivity contribution in [1.29, 1.82) is 0 Å². The molecule has 1 aromatic carbocycles. The summed E-state index contributed by atoms with van der Waals surface area (Å²) in [5, 5.41) is 21.4. The normalized spacial score (nSPS) is 10.4. The van der Waals surface area contributed by atoms with Gasteiger partial charge in [-0.25, -0.2) is 4.79 Å². The van der Waals surface area contributed by atoms with Gasteiger partial charge in [-0.2, -0.15) is 0 Å². The van der Waals surface area contributed by atoms with E-state index in [4.69, 9.17) is 0 Å². The number of fused-ring (bicyclic) bond motifs is 1. The van der Waals surface area contributed by atoms with Gasteiger partial charge in [0, 0.05) is 17.5 Å². The molecule has 0 N–H and O–H groups in total. The minimum absolute atomic E-state index is 0.130. The van der Waals surface area contributed by atoms with Gasteiger partial charge in [-0.15, -0.1) is 0 Å². The summed E-state index contributed by atoms with van der Waals surface area (Å²) in [5.74, 6) is 0. The molecule has 2 aromatic rings. The van der Waals surface area contributed by atoms with E-state index in [0.29, 0.717) is 0 Å². The minimum atomic E-state index is -0.835. The fourth-order valence-electron chi connectivity index (χ4n) is 1.39. The third-order valence-electron chi connectivity index (χ3n) is 2.09. The third-order valence-corrected chi connectivity index (χ3v) is 2.09. The van der Waals surface area contributed by atoms with Crippen LogP contribution in [0.25, 0.3) is 11.0 Å². The van der Waals surface area contributed by atoms with E-state index >= 15 is 0 Å². The Kier molecular flexibility index (Phi) is 2.32. The van der Waals surface area contributed by atoms with Crippen LogP contribution >= 0.6 is 0 Å². The van der Waals surface area contributed by atoms with E-state index < -0.39 is 26.8 Å². The SMILES string of the molecule is O=c1ccc2cc([N+](=O)[O-])cc([N+](=O)[O-])c2o1. The largest absolute Gasteiger partial charge is 0.415 e. The lowest BCUT2D eigenvalue weighted by Crippen LogP contribution is -1.99. The van der Waals surface area contributed by atoms with Gasteiger partial charge in [0.05, 0.1) is 15.9 Å². The molecule has 8 nitrogen and oxygen atoms in total. The van der Waals surface area contributed by atoms with Crippen molar-refractivity contribution in [1.82, 2.24) is 0 Å². The zero-order valence-corrected chi connectivity index (χ0v) is 8.15. The molecular weight excluding hydrogens is 232 g/mol. The molecule has 2 rings (SSSR count).